The number of hydrogen-bond donors (Lipinski definition) is 0. The van der Waals surface area contributed by atoms with Gasteiger partial charge in [-0.25, -0.2) is 4.98 Å². The molecule has 0 radical (unpaired) electrons. The summed E-state index contributed by atoms with van der Waals surface area (Å²) in [5, 5.41) is 8.44. The van der Waals surface area contributed by atoms with Crippen molar-refractivity contribution in [1.82, 2.24) is 24.6 Å². The van der Waals surface area contributed by atoms with Crippen molar-refractivity contribution >= 4 is 15.9 Å². The third-order valence-electron chi connectivity index (χ3n) is 4.91. The Labute approximate surface area is 161 Å². The van der Waals surface area contributed by atoms with Crippen molar-refractivity contribution < 1.29 is 4.42 Å². The number of likely N-dealkylation sites (tertiary alicyclic amines) is 1. The van der Waals surface area contributed by atoms with E-state index >= 15 is 0 Å². The topological polar surface area (TPSA) is 60.0 Å². The monoisotopic (exact) mass is 415 g/mol. The summed E-state index contributed by atoms with van der Waals surface area (Å²) < 4.78 is 9.02. The second-order valence-corrected chi connectivity index (χ2v) is 7.83. The quantitative estimate of drug-likeness (QED) is 0.635. The van der Waals surface area contributed by atoms with Crippen LogP contribution in [0.25, 0.3) is 11.5 Å². The molecular weight excluding hydrogens is 394 g/mol. The standard InChI is InChI=1S/C19H22BrN5O/c1-24-10-8-21-17(24)11-14-3-2-9-25(12-14)13-18-22-23-19(26-18)15-4-6-16(20)7-5-15/h4-8,10,14H,2-3,9,11-13H2,1H3/t14-/m1/s1. The second kappa shape index (κ2) is 7.72. The zero-order valence-corrected chi connectivity index (χ0v) is 16.4. The Kier molecular flexibility index (Phi) is 5.17. The molecule has 1 saturated heterocycles. The first kappa shape index (κ1) is 17.4. The lowest BCUT2D eigenvalue weighted by molar-refractivity contribution is 0.153. The average Bonchev–Trinajstić information content (AvgIpc) is 3.26. The number of hydrogen-bond acceptors (Lipinski definition) is 5. The van der Waals surface area contributed by atoms with Gasteiger partial charge in [-0.05, 0) is 49.6 Å². The summed E-state index contributed by atoms with van der Waals surface area (Å²) >= 11 is 3.44. The van der Waals surface area contributed by atoms with E-state index in [-0.39, 0.29) is 0 Å². The third kappa shape index (κ3) is 4.04. The van der Waals surface area contributed by atoms with E-state index in [1.807, 2.05) is 36.7 Å². The summed E-state index contributed by atoms with van der Waals surface area (Å²) in [6.45, 7) is 2.83. The normalized spacial score (nSPS) is 18.3. The van der Waals surface area contributed by atoms with Crippen molar-refractivity contribution in [2.45, 2.75) is 25.8 Å². The Morgan fingerprint density at radius 1 is 1.23 bits per heavy atom. The van der Waals surface area contributed by atoms with Gasteiger partial charge >= 0.3 is 0 Å². The summed E-state index contributed by atoms with van der Waals surface area (Å²) in [5.41, 5.74) is 0.943. The molecule has 4 rings (SSSR count). The van der Waals surface area contributed by atoms with E-state index in [0.29, 0.717) is 24.2 Å². The van der Waals surface area contributed by atoms with E-state index in [0.717, 1.165) is 35.4 Å². The van der Waals surface area contributed by atoms with Crippen LogP contribution in [0.15, 0.2) is 45.5 Å². The maximum Gasteiger partial charge on any atom is 0.247 e. The van der Waals surface area contributed by atoms with Crippen molar-refractivity contribution in [2.75, 3.05) is 13.1 Å². The first-order chi connectivity index (χ1) is 12.7. The number of halogens is 1. The molecular formula is C19H22BrN5O. The van der Waals surface area contributed by atoms with Crippen LogP contribution in [0.2, 0.25) is 0 Å². The van der Waals surface area contributed by atoms with Crippen molar-refractivity contribution in [3.8, 4) is 11.5 Å². The van der Waals surface area contributed by atoms with Crippen LogP contribution in [0.3, 0.4) is 0 Å². The number of piperidine rings is 1. The second-order valence-electron chi connectivity index (χ2n) is 6.91. The van der Waals surface area contributed by atoms with Gasteiger partial charge in [0.25, 0.3) is 0 Å². The number of benzene rings is 1. The van der Waals surface area contributed by atoms with E-state index in [4.69, 9.17) is 4.42 Å². The van der Waals surface area contributed by atoms with Gasteiger partial charge in [-0.3, -0.25) is 4.90 Å². The smallest absolute Gasteiger partial charge is 0.247 e. The van der Waals surface area contributed by atoms with Crippen molar-refractivity contribution in [3.05, 3.63) is 52.8 Å². The summed E-state index contributed by atoms with van der Waals surface area (Å²) in [6, 6.07) is 7.91. The molecule has 0 bridgehead atoms. The Balaban J connectivity index is 1.38. The van der Waals surface area contributed by atoms with Crippen LogP contribution in [0.1, 0.15) is 24.6 Å². The highest BCUT2D eigenvalue weighted by atomic mass is 79.9. The molecule has 3 aromatic rings. The van der Waals surface area contributed by atoms with E-state index in [1.54, 1.807) is 0 Å². The Morgan fingerprint density at radius 3 is 2.85 bits per heavy atom. The highest BCUT2D eigenvalue weighted by Gasteiger charge is 2.23. The molecule has 136 valence electrons. The summed E-state index contributed by atoms with van der Waals surface area (Å²) in [7, 11) is 2.06. The van der Waals surface area contributed by atoms with E-state index in [9.17, 15) is 0 Å². The maximum atomic E-state index is 5.88. The SMILES string of the molecule is Cn1ccnc1C[C@H]1CCCN(Cc2nnc(-c3ccc(Br)cc3)o2)C1. The molecule has 7 heteroatoms. The summed E-state index contributed by atoms with van der Waals surface area (Å²) in [5.74, 6) is 3.04. The molecule has 1 fully saturated rings. The number of aromatic nitrogens is 4. The molecule has 0 saturated carbocycles. The van der Waals surface area contributed by atoms with Gasteiger partial charge in [0, 0.05) is 42.4 Å². The van der Waals surface area contributed by atoms with Crippen LogP contribution in [0.5, 0.6) is 0 Å². The molecule has 0 spiro atoms. The largest absolute Gasteiger partial charge is 0.419 e. The average molecular weight is 416 g/mol. The Hall–Kier alpha value is -1.99. The lowest BCUT2D eigenvalue weighted by Gasteiger charge is -2.31. The molecule has 0 unspecified atom stereocenters. The van der Waals surface area contributed by atoms with Crippen LogP contribution in [0, 0.1) is 5.92 Å². The Morgan fingerprint density at radius 2 is 2.08 bits per heavy atom. The number of rotatable bonds is 5. The predicted octanol–water partition coefficient (Wildman–Crippen LogP) is 3.69. The van der Waals surface area contributed by atoms with Crippen LogP contribution in [-0.4, -0.2) is 37.7 Å². The van der Waals surface area contributed by atoms with Crippen LogP contribution < -0.4 is 0 Å². The maximum absolute atomic E-state index is 5.88. The van der Waals surface area contributed by atoms with Crippen molar-refractivity contribution in [2.24, 2.45) is 13.0 Å². The van der Waals surface area contributed by atoms with Crippen molar-refractivity contribution in [1.29, 1.82) is 0 Å². The fraction of sp³-hybridized carbons (Fsp3) is 0.421. The van der Waals surface area contributed by atoms with Crippen LogP contribution in [-0.2, 0) is 20.0 Å². The molecule has 1 atom stereocenters. The minimum Gasteiger partial charge on any atom is -0.419 e. The molecule has 26 heavy (non-hydrogen) atoms. The van der Waals surface area contributed by atoms with Gasteiger partial charge in [-0.2, -0.15) is 0 Å². The summed E-state index contributed by atoms with van der Waals surface area (Å²) in [6.07, 6.45) is 7.35. The first-order valence-electron chi connectivity index (χ1n) is 8.94. The molecule has 2 aromatic heterocycles. The van der Waals surface area contributed by atoms with Gasteiger partial charge in [-0.1, -0.05) is 15.9 Å². The fourth-order valence-corrected chi connectivity index (χ4v) is 3.80. The van der Waals surface area contributed by atoms with Gasteiger partial charge in [0.2, 0.25) is 11.8 Å². The van der Waals surface area contributed by atoms with Gasteiger partial charge < -0.3 is 8.98 Å². The fourth-order valence-electron chi connectivity index (χ4n) is 3.53. The van der Waals surface area contributed by atoms with Gasteiger partial charge in [0.15, 0.2) is 0 Å². The predicted molar refractivity (Wildman–Crippen MR) is 102 cm³/mol. The summed E-state index contributed by atoms with van der Waals surface area (Å²) in [4.78, 5) is 6.87. The Bertz CT molecular complexity index is 857. The third-order valence-corrected chi connectivity index (χ3v) is 5.44. The highest BCUT2D eigenvalue weighted by molar-refractivity contribution is 9.10. The molecule has 3 heterocycles. The molecule has 6 nitrogen and oxygen atoms in total. The first-order valence-corrected chi connectivity index (χ1v) is 9.73. The van der Waals surface area contributed by atoms with Gasteiger partial charge in [0.05, 0.1) is 6.54 Å². The lowest BCUT2D eigenvalue weighted by Crippen LogP contribution is -2.36. The molecule has 1 aromatic carbocycles. The van der Waals surface area contributed by atoms with E-state index in [2.05, 4.69) is 47.6 Å². The molecule has 1 aliphatic rings. The minimum absolute atomic E-state index is 0.578. The zero-order chi connectivity index (χ0) is 17.9. The van der Waals surface area contributed by atoms with Crippen LogP contribution in [0.4, 0.5) is 0 Å². The number of aryl methyl sites for hydroxylation is 1. The van der Waals surface area contributed by atoms with Gasteiger partial charge in [-0.15, -0.1) is 10.2 Å². The number of imidazole rings is 1. The van der Waals surface area contributed by atoms with Crippen LogP contribution >= 0.6 is 15.9 Å². The van der Waals surface area contributed by atoms with Crippen molar-refractivity contribution in [3.63, 3.8) is 0 Å². The zero-order valence-electron chi connectivity index (χ0n) is 14.8. The lowest BCUT2D eigenvalue weighted by atomic mass is 9.94. The molecule has 0 N–H and O–H groups in total. The molecule has 0 aliphatic carbocycles. The molecule has 0 amide bonds. The number of nitrogens with zero attached hydrogens (tertiary/aromatic N) is 5. The van der Waals surface area contributed by atoms with E-state index < -0.39 is 0 Å². The minimum atomic E-state index is 0.578. The van der Waals surface area contributed by atoms with E-state index in [1.165, 1.54) is 12.8 Å². The highest BCUT2D eigenvalue weighted by Crippen LogP contribution is 2.24. The molecule has 1 aliphatic heterocycles. The van der Waals surface area contributed by atoms with Gasteiger partial charge in [0.1, 0.15) is 5.82 Å².